The molecule has 0 aliphatic rings. The average Bonchev–Trinajstić information content (AvgIpc) is 1.82. The number of nitriles is 1. The zero-order valence-electron chi connectivity index (χ0n) is 4.40. The molecule has 0 aromatic rings. The van der Waals surface area contributed by atoms with Crippen molar-refractivity contribution in [3.8, 4) is 6.07 Å². The average molecular weight is 131 g/mol. The number of halogens is 2. The fourth-order valence-electron chi connectivity index (χ4n) is 0.243. The first kappa shape index (κ1) is 7.80. The van der Waals surface area contributed by atoms with Crippen LogP contribution in [0.2, 0.25) is 0 Å². The van der Waals surface area contributed by atoms with Crippen molar-refractivity contribution in [1.82, 2.24) is 0 Å². The number of hydrogen-bond acceptors (Lipinski definition) is 2. The van der Waals surface area contributed by atoms with Gasteiger partial charge >= 0.3 is 0 Å². The van der Waals surface area contributed by atoms with Crippen LogP contribution in [0.25, 0.3) is 0 Å². The summed E-state index contributed by atoms with van der Waals surface area (Å²) < 4.78 is 22.9. The van der Waals surface area contributed by atoms with Gasteiger partial charge in [0, 0.05) is 0 Å². The topological polar surface area (TPSA) is 40.9 Å². The molecule has 4 heteroatoms. The molecule has 0 radical (unpaired) electrons. The van der Waals surface area contributed by atoms with Crippen molar-refractivity contribution in [3.63, 3.8) is 0 Å². The maximum absolute atomic E-state index is 11.4. The normalized spacial score (nSPS) is 8.22. The van der Waals surface area contributed by atoms with Gasteiger partial charge in [0.05, 0.1) is 18.1 Å². The van der Waals surface area contributed by atoms with Gasteiger partial charge in [-0.1, -0.05) is 0 Å². The minimum absolute atomic E-state index is 0.541. The van der Waals surface area contributed by atoms with Crippen LogP contribution in [-0.4, -0.2) is 12.4 Å². The quantitative estimate of drug-likeness (QED) is 0.523. The highest BCUT2D eigenvalue weighted by molar-refractivity contribution is 5.54. The number of nitrogens with zero attached hydrogens (tertiary/aromatic N) is 1. The van der Waals surface area contributed by atoms with E-state index in [-0.39, 0.29) is 0 Å². The summed E-state index contributed by atoms with van der Waals surface area (Å²) in [5, 5.41) is 7.83. The van der Waals surface area contributed by atoms with E-state index in [0.717, 1.165) is 5.94 Å². The third-order valence-electron chi connectivity index (χ3n) is 0.664. The van der Waals surface area contributed by atoms with E-state index in [4.69, 9.17) is 5.26 Å². The van der Waals surface area contributed by atoms with Crippen molar-refractivity contribution in [2.24, 2.45) is 0 Å². The maximum Gasteiger partial charge on any atom is 0.271 e. The van der Waals surface area contributed by atoms with Crippen molar-refractivity contribution in [2.75, 3.05) is 0 Å². The third kappa shape index (κ3) is 2.58. The highest BCUT2D eigenvalue weighted by atomic mass is 19.3. The van der Waals surface area contributed by atoms with Crippen LogP contribution in [0, 0.1) is 11.3 Å². The van der Waals surface area contributed by atoms with Crippen LogP contribution in [0.4, 0.5) is 8.78 Å². The predicted molar refractivity (Wildman–Crippen MR) is 25.4 cm³/mol. The highest BCUT2D eigenvalue weighted by Gasteiger charge is 2.10. The van der Waals surface area contributed by atoms with Gasteiger partial charge in [-0.3, -0.25) is 0 Å². The van der Waals surface area contributed by atoms with Crippen molar-refractivity contribution >= 4 is 5.94 Å². The summed E-state index contributed by atoms with van der Waals surface area (Å²) in [7, 11) is 0. The van der Waals surface area contributed by atoms with Crippen LogP contribution in [0.3, 0.4) is 0 Å². The number of hydrogen-bond donors (Lipinski definition) is 0. The van der Waals surface area contributed by atoms with E-state index in [2.05, 4.69) is 0 Å². The van der Waals surface area contributed by atoms with Gasteiger partial charge < -0.3 is 0 Å². The SMILES string of the molecule is N#CCC(=C=O)C(F)F. The molecule has 0 amide bonds. The molecule has 0 N–H and O–H groups in total. The Bertz CT molecular complexity index is 176. The molecular formula is C5H3F2NO. The lowest BCUT2D eigenvalue weighted by Crippen LogP contribution is -1.95. The van der Waals surface area contributed by atoms with E-state index in [1.54, 1.807) is 0 Å². The zero-order valence-corrected chi connectivity index (χ0v) is 4.40. The molecule has 2 nitrogen and oxygen atoms in total. The molecule has 48 valence electrons. The molecule has 0 unspecified atom stereocenters. The molecule has 0 aliphatic carbocycles. The van der Waals surface area contributed by atoms with Crippen molar-refractivity contribution in [2.45, 2.75) is 12.8 Å². The van der Waals surface area contributed by atoms with Crippen LogP contribution in [0.1, 0.15) is 6.42 Å². The maximum atomic E-state index is 11.4. The number of alkyl halides is 2. The second-order valence-corrected chi connectivity index (χ2v) is 1.26. The van der Waals surface area contributed by atoms with Crippen molar-refractivity contribution < 1.29 is 13.6 Å². The van der Waals surface area contributed by atoms with Crippen molar-refractivity contribution in [3.05, 3.63) is 5.57 Å². The molecule has 0 saturated carbocycles. The van der Waals surface area contributed by atoms with Gasteiger partial charge in [0.1, 0.15) is 5.94 Å². The molecule has 0 aliphatic heterocycles. The number of rotatable bonds is 2. The highest BCUT2D eigenvalue weighted by Crippen LogP contribution is 2.07. The first-order valence-corrected chi connectivity index (χ1v) is 2.11. The van der Waals surface area contributed by atoms with E-state index < -0.39 is 18.4 Å². The van der Waals surface area contributed by atoms with Gasteiger partial charge in [-0.05, 0) is 0 Å². The van der Waals surface area contributed by atoms with Crippen LogP contribution in [-0.2, 0) is 4.79 Å². The van der Waals surface area contributed by atoms with Gasteiger partial charge in [0.2, 0.25) is 0 Å². The monoisotopic (exact) mass is 131 g/mol. The second kappa shape index (κ2) is 3.76. The summed E-state index contributed by atoms with van der Waals surface area (Å²) in [4.78, 5) is 9.54. The van der Waals surface area contributed by atoms with Gasteiger partial charge in [0.25, 0.3) is 6.43 Å². The smallest absolute Gasteiger partial charge is 0.233 e. The van der Waals surface area contributed by atoms with Crippen LogP contribution < -0.4 is 0 Å². The molecule has 0 aromatic heterocycles. The molecule has 0 saturated heterocycles. The lowest BCUT2D eigenvalue weighted by molar-refractivity contribution is 0.189. The largest absolute Gasteiger partial charge is 0.271 e. The lowest BCUT2D eigenvalue weighted by atomic mass is 10.2. The molecule has 0 rings (SSSR count). The Kier molecular flexibility index (Phi) is 3.26. The van der Waals surface area contributed by atoms with E-state index in [0.29, 0.717) is 0 Å². The Hall–Kier alpha value is -1.20. The number of allylic oxidation sites excluding steroid dienone is 1. The summed E-state index contributed by atoms with van der Waals surface area (Å²) in [5.74, 6) is 0.997. The molecule has 0 fully saturated rings. The summed E-state index contributed by atoms with van der Waals surface area (Å²) in [6.07, 6.45) is -3.39. The fourth-order valence-corrected chi connectivity index (χ4v) is 0.243. The molecule has 0 heterocycles. The molecule has 0 bridgehead atoms. The molecular weight excluding hydrogens is 128 g/mol. The van der Waals surface area contributed by atoms with Crippen LogP contribution in [0.5, 0.6) is 0 Å². The van der Waals surface area contributed by atoms with E-state index >= 15 is 0 Å². The Morgan fingerprint density at radius 2 is 2.22 bits per heavy atom. The zero-order chi connectivity index (χ0) is 7.28. The molecule has 0 spiro atoms. The summed E-state index contributed by atoms with van der Waals surface area (Å²) in [6, 6.07) is 1.42. The Morgan fingerprint density at radius 1 is 1.67 bits per heavy atom. The Balaban J connectivity index is 4.06. The van der Waals surface area contributed by atoms with Gasteiger partial charge in [0.15, 0.2) is 0 Å². The third-order valence-corrected chi connectivity index (χ3v) is 0.664. The minimum atomic E-state index is -2.85. The van der Waals surface area contributed by atoms with Crippen LogP contribution in [0.15, 0.2) is 5.57 Å². The molecule has 9 heavy (non-hydrogen) atoms. The van der Waals surface area contributed by atoms with E-state index in [1.165, 1.54) is 6.07 Å². The van der Waals surface area contributed by atoms with Crippen molar-refractivity contribution in [1.29, 1.82) is 5.26 Å². The molecule has 0 atom stereocenters. The van der Waals surface area contributed by atoms with Gasteiger partial charge in [-0.15, -0.1) is 0 Å². The second-order valence-electron chi connectivity index (χ2n) is 1.26. The predicted octanol–water partition coefficient (Wildman–Crippen LogP) is 0.923. The van der Waals surface area contributed by atoms with Crippen LogP contribution >= 0.6 is 0 Å². The van der Waals surface area contributed by atoms with E-state index in [1.807, 2.05) is 0 Å². The first-order chi connectivity index (χ1) is 4.22. The summed E-state index contributed by atoms with van der Waals surface area (Å²) >= 11 is 0. The van der Waals surface area contributed by atoms with Gasteiger partial charge in [-0.25, -0.2) is 13.6 Å². The number of carbonyl (C=O) groups excluding carboxylic acids is 1. The summed E-state index contributed by atoms with van der Waals surface area (Å²) in [5.41, 5.74) is -0.780. The molecule has 0 aromatic carbocycles. The summed E-state index contributed by atoms with van der Waals surface area (Å²) in [6.45, 7) is 0. The Morgan fingerprint density at radius 3 is 2.33 bits per heavy atom. The van der Waals surface area contributed by atoms with Gasteiger partial charge in [-0.2, -0.15) is 5.26 Å². The lowest BCUT2D eigenvalue weighted by Gasteiger charge is -1.90. The fraction of sp³-hybridized carbons (Fsp3) is 0.400. The first-order valence-electron chi connectivity index (χ1n) is 2.11. The standard InChI is InChI=1S/C5H3F2NO/c6-5(7)4(3-9)1-2-8/h5H,1H2. The Labute approximate surface area is 50.4 Å². The minimum Gasteiger partial charge on any atom is -0.233 e. The van der Waals surface area contributed by atoms with E-state index in [9.17, 15) is 13.6 Å².